The Kier molecular flexibility index (Phi) is 2.83. The van der Waals surface area contributed by atoms with Crippen LogP contribution in [-0.2, 0) is 12.0 Å². The Balaban J connectivity index is 2.36. The van der Waals surface area contributed by atoms with E-state index < -0.39 is 0 Å². The van der Waals surface area contributed by atoms with E-state index in [-0.39, 0.29) is 5.54 Å². The van der Waals surface area contributed by atoms with E-state index in [1.807, 2.05) is 0 Å². The van der Waals surface area contributed by atoms with Gasteiger partial charge in [-0.2, -0.15) is 0 Å². The van der Waals surface area contributed by atoms with E-state index in [1.165, 1.54) is 29.5 Å². The lowest BCUT2D eigenvalue weighted by Crippen LogP contribution is -2.33. The molecule has 0 heterocycles. The number of benzene rings is 1. The van der Waals surface area contributed by atoms with Crippen LogP contribution in [0.25, 0.3) is 0 Å². The Morgan fingerprint density at radius 2 is 1.93 bits per heavy atom. The summed E-state index contributed by atoms with van der Waals surface area (Å²) in [6.07, 6.45) is 5.98. The molecule has 15 heavy (non-hydrogen) atoms. The summed E-state index contributed by atoms with van der Waals surface area (Å²) in [5.41, 5.74) is 10.6. The molecule has 1 fully saturated rings. The Morgan fingerprint density at radius 1 is 1.27 bits per heavy atom. The lowest BCUT2D eigenvalue weighted by Gasteiger charge is -2.25. The van der Waals surface area contributed by atoms with Crippen LogP contribution >= 0.6 is 0 Å². The summed E-state index contributed by atoms with van der Waals surface area (Å²) in [7, 11) is 0. The maximum atomic E-state index is 6.45. The summed E-state index contributed by atoms with van der Waals surface area (Å²) in [4.78, 5) is 0. The molecule has 0 spiro atoms. The zero-order chi connectivity index (χ0) is 10.9. The molecule has 1 heteroatoms. The Morgan fingerprint density at radius 3 is 2.53 bits per heavy atom. The Bertz CT molecular complexity index is 348. The van der Waals surface area contributed by atoms with Crippen LogP contribution in [0.1, 0.15) is 49.3 Å². The molecule has 0 aliphatic heterocycles. The van der Waals surface area contributed by atoms with Crippen molar-refractivity contribution in [3.8, 4) is 0 Å². The van der Waals surface area contributed by atoms with Crippen LogP contribution in [0.3, 0.4) is 0 Å². The molecule has 2 N–H and O–H groups in total. The van der Waals surface area contributed by atoms with Gasteiger partial charge in [-0.3, -0.25) is 0 Å². The zero-order valence-corrected chi connectivity index (χ0v) is 9.84. The number of hydrogen-bond acceptors (Lipinski definition) is 1. The first kappa shape index (κ1) is 10.7. The number of rotatable bonds is 2. The van der Waals surface area contributed by atoms with Gasteiger partial charge in [0.2, 0.25) is 0 Å². The van der Waals surface area contributed by atoms with Gasteiger partial charge in [0.05, 0.1) is 0 Å². The second-order valence-electron chi connectivity index (χ2n) is 4.86. The molecule has 82 valence electrons. The largest absolute Gasteiger partial charge is 0.321 e. The number of nitrogens with two attached hydrogens (primary N) is 1. The van der Waals surface area contributed by atoms with Gasteiger partial charge in [0.15, 0.2) is 0 Å². The molecule has 1 aromatic carbocycles. The third-order valence-corrected chi connectivity index (χ3v) is 3.80. The van der Waals surface area contributed by atoms with Crippen LogP contribution in [0.15, 0.2) is 18.2 Å². The quantitative estimate of drug-likeness (QED) is 0.784. The van der Waals surface area contributed by atoms with Gasteiger partial charge in [0.1, 0.15) is 0 Å². The van der Waals surface area contributed by atoms with Gasteiger partial charge in [-0.05, 0) is 42.9 Å². The molecule has 0 saturated heterocycles. The highest BCUT2D eigenvalue weighted by atomic mass is 14.8. The molecule has 1 aliphatic rings. The Labute approximate surface area is 92.7 Å². The van der Waals surface area contributed by atoms with Gasteiger partial charge < -0.3 is 5.73 Å². The topological polar surface area (TPSA) is 26.0 Å². The fourth-order valence-electron chi connectivity index (χ4n) is 2.66. The third-order valence-electron chi connectivity index (χ3n) is 3.80. The maximum Gasteiger partial charge on any atom is 0.0409 e. The highest BCUT2D eigenvalue weighted by Crippen LogP contribution is 2.36. The van der Waals surface area contributed by atoms with Gasteiger partial charge in [-0.15, -0.1) is 0 Å². The summed E-state index contributed by atoms with van der Waals surface area (Å²) in [6, 6.07) is 6.77. The van der Waals surface area contributed by atoms with E-state index in [0.717, 1.165) is 19.3 Å². The first-order valence-electron chi connectivity index (χ1n) is 6.04. The highest BCUT2D eigenvalue weighted by Gasteiger charge is 2.31. The second-order valence-corrected chi connectivity index (χ2v) is 4.86. The molecular weight excluding hydrogens is 182 g/mol. The monoisotopic (exact) mass is 203 g/mol. The first-order valence-corrected chi connectivity index (χ1v) is 6.04. The third kappa shape index (κ3) is 1.93. The van der Waals surface area contributed by atoms with Crippen LogP contribution in [0.5, 0.6) is 0 Å². The van der Waals surface area contributed by atoms with Crippen molar-refractivity contribution >= 4 is 0 Å². The van der Waals surface area contributed by atoms with Crippen LogP contribution in [0.4, 0.5) is 0 Å². The molecule has 0 aromatic heterocycles. The predicted octanol–water partition coefficient (Wildman–Crippen LogP) is 3.29. The minimum Gasteiger partial charge on any atom is -0.321 e. The van der Waals surface area contributed by atoms with Gasteiger partial charge in [-0.25, -0.2) is 0 Å². The van der Waals surface area contributed by atoms with E-state index in [2.05, 4.69) is 32.0 Å². The van der Waals surface area contributed by atoms with E-state index in [4.69, 9.17) is 5.73 Å². The normalized spacial score (nSPS) is 19.4. The predicted molar refractivity (Wildman–Crippen MR) is 64.9 cm³/mol. The molecule has 1 saturated carbocycles. The second kappa shape index (κ2) is 3.97. The number of hydrogen-bond donors (Lipinski definition) is 1. The van der Waals surface area contributed by atoms with E-state index in [9.17, 15) is 0 Å². The smallest absolute Gasteiger partial charge is 0.0409 e. The van der Waals surface area contributed by atoms with Crippen molar-refractivity contribution in [3.63, 3.8) is 0 Å². The van der Waals surface area contributed by atoms with Gasteiger partial charge in [0, 0.05) is 5.54 Å². The first-order chi connectivity index (χ1) is 7.15. The van der Waals surface area contributed by atoms with E-state index in [0.29, 0.717) is 0 Å². The molecule has 0 amide bonds. The van der Waals surface area contributed by atoms with Crippen LogP contribution in [0.2, 0.25) is 0 Å². The maximum absolute atomic E-state index is 6.45. The summed E-state index contributed by atoms with van der Waals surface area (Å²) >= 11 is 0. The summed E-state index contributed by atoms with van der Waals surface area (Å²) in [5, 5.41) is 0. The van der Waals surface area contributed by atoms with Gasteiger partial charge in [0.25, 0.3) is 0 Å². The molecular formula is C14H21N. The molecule has 0 bridgehead atoms. The lowest BCUT2D eigenvalue weighted by molar-refractivity contribution is 0.461. The van der Waals surface area contributed by atoms with Crippen molar-refractivity contribution in [2.75, 3.05) is 0 Å². The van der Waals surface area contributed by atoms with Gasteiger partial charge >= 0.3 is 0 Å². The van der Waals surface area contributed by atoms with Crippen molar-refractivity contribution in [1.29, 1.82) is 0 Å². The van der Waals surface area contributed by atoms with Crippen molar-refractivity contribution in [2.24, 2.45) is 5.73 Å². The minimum atomic E-state index is -0.0301. The Hall–Kier alpha value is -0.820. The molecule has 0 atom stereocenters. The standard InChI is InChI=1S/C14H21N/c1-3-12-10-13(7-6-11(12)2)14(15)8-4-5-9-14/h6-7,10H,3-5,8-9,15H2,1-2H3. The summed E-state index contributed by atoms with van der Waals surface area (Å²) in [6.45, 7) is 4.39. The van der Waals surface area contributed by atoms with Gasteiger partial charge in [-0.1, -0.05) is 38.0 Å². The molecule has 0 radical (unpaired) electrons. The van der Waals surface area contributed by atoms with Crippen molar-refractivity contribution < 1.29 is 0 Å². The zero-order valence-electron chi connectivity index (χ0n) is 9.84. The summed E-state index contributed by atoms with van der Waals surface area (Å²) < 4.78 is 0. The van der Waals surface area contributed by atoms with E-state index in [1.54, 1.807) is 0 Å². The van der Waals surface area contributed by atoms with Crippen LogP contribution in [-0.4, -0.2) is 0 Å². The SMILES string of the molecule is CCc1cc(C2(N)CCCC2)ccc1C. The highest BCUT2D eigenvalue weighted by molar-refractivity contribution is 5.35. The molecule has 0 unspecified atom stereocenters. The summed E-state index contributed by atoms with van der Waals surface area (Å²) in [5.74, 6) is 0. The lowest BCUT2D eigenvalue weighted by atomic mass is 9.87. The molecule has 1 aliphatic carbocycles. The average molecular weight is 203 g/mol. The van der Waals surface area contributed by atoms with Crippen molar-refractivity contribution in [1.82, 2.24) is 0 Å². The fraction of sp³-hybridized carbons (Fsp3) is 0.571. The molecule has 2 rings (SSSR count). The van der Waals surface area contributed by atoms with Crippen LogP contribution < -0.4 is 5.73 Å². The fourth-order valence-corrected chi connectivity index (χ4v) is 2.66. The molecule has 1 aromatic rings. The minimum absolute atomic E-state index is 0.0301. The average Bonchev–Trinajstić information content (AvgIpc) is 2.67. The number of aryl methyl sites for hydroxylation is 2. The van der Waals surface area contributed by atoms with Crippen molar-refractivity contribution in [3.05, 3.63) is 34.9 Å². The van der Waals surface area contributed by atoms with Crippen molar-refractivity contribution in [2.45, 2.75) is 51.5 Å². The molecule has 1 nitrogen and oxygen atoms in total. The van der Waals surface area contributed by atoms with Crippen LogP contribution in [0, 0.1) is 6.92 Å². The van der Waals surface area contributed by atoms with E-state index >= 15 is 0 Å².